The SMILES string of the molecule is O=C(Cc1ccccc1OCCCNCc1ccccc1)N1C[C@@H]2[C@H](F)CCC(c3ccccc3)(c3ccccc3)[C@@H]2C1. The maximum atomic E-state index is 15.6. The molecular weight excluding hydrogens is 535 g/mol. The van der Waals surface area contributed by atoms with Crippen molar-refractivity contribution in [2.24, 2.45) is 11.8 Å². The number of hydrogen-bond donors (Lipinski definition) is 1. The number of carbonyl (C=O) groups excluding carboxylic acids is 1. The number of amides is 1. The molecule has 43 heavy (non-hydrogen) atoms. The number of rotatable bonds is 11. The quantitative estimate of drug-likeness (QED) is 0.196. The topological polar surface area (TPSA) is 41.6 Å². The second kappa shape index (κ2) is 13.6. The van der Waals surface area contributed by atoms with E-state index in [1.54, 1.807) is 0 Å². The van der Waals surface area contributed by atoms with E-state index in [9.17, 15) is 4.79 Å². The first kappa shape index (κ1) is 29.1. The number of nitrogens with one attached hydrogen (secondary N) is 1. The maximum absolute atomic E-state index is 15.6. The number of para-hydroxylation sites is 1. The average molecular weight is 577 g/mol. The Morgan fingerprint density at radius 1 is 0.837 bits per heavy atom. The van der Waals surface area contributed by atoms with Gasteiger partial charge in [0.15, 0.2) is 0 Å². The Balaban J connectivity index is 1.12. The lowest BCUT2D eigenvalue weighted by atomic mass is 9.56. The number of benzene rings is 4. The number of carbonyl (C=O) groups is 1. The normalized spacial score (nSPS) is 20.9. The molecule has 0 spiro atoms. The van der Waals surface area contributed by atoms with Crippen molar-refractivity contribution in [3.63, 3.8) is 0 Å². The van der Waals surface area contributed by atoms with Crippen LogP contribution in [0, 0.1) is 11.8 Å². The van der Waals surface area contributed by atoms with E-state index < -0.39 is 6.17 Å². The molecule has 4 aromatic carbocycles. The summed E-state index contributed by atoms with van der Waals surface area (Å²) >= 11 is 0. The van der Waals surface area contributed by atoms with Crippen LogP contribution in [0.25, 0.3) is 0 Å². The number of halogens is 1. The molecule has 1 aliphatic carbocycles. The minimum absolute atomic E-state index is 0.0138. The molecule has 0 bridgehead atoms. The minimum atomic E-state index is -0.908. The predicted octanol–water partition coefficient (Wildman–Crippen LogP) is 6.98. The van der Waals surface area contributed by atoms with Crippen molar-refractivity contribution >= 4 is 5.91 Å². The predicted molar refractivity (Wildman–Crippen MR) is 170 cm³/mol. The van der Waals surface area contributed by atoms with E-state index in [1.165, 1.54) is 16.7 Å². The van der Waals surface area contributed by atoms with Gasteiger partial charge < -0.3 is 15.0 Å². The zero-order chi connectivity index (χ0) is 29.5. The highest BCUT2D eigenvalue weighted by atomic mass is 19.1. The van der Waals surface area contributed by atoms with Crippen LogP contribution in [0.1, 0.15) is 41.5 Å². The van der Waals surface area contributed by atoms with E-state index in [1.807, 2.05) is 59.5 Å². The standard InChI is InChI=1S/C38H41FN2O2/c39-35-21-22-38(31-16-6-2-7-17-31,32-18-8-3-9-19-32)34-28-41(27-33(34)35)37(42)25-30-15-10-11-20-36(30)43-24-12-23-40-26-29-13-4-1-5-14-29/h1-11,13-20,33-35,40H,12,21-28H2/t33-,34+,35+/m0/s1. The van der Waals surface area contributed by atoms with Crippen LogP contribution in [0.15, 0.2) is 115 Å². The van der Waals surface area contributed by atoms with Crippen LogP contribution in [0.2, 0.25) is 0 Å². The van der Waals surface area contributed by atoms with Crippen molar-refractivity contribution in [3.05, 3.63) is 138 Å². The Hall–Kier alpha value is -3.96. The Morgan fingerprint density at radius 2 is 1.47 bits per heavy atom. The molecule has 5 heteroatoms. The first-order chi connectivity index (χ1) is 21.1. The minimum Gasteiger partial charge on any atom is -0.493 e. The van der Waals surface area contributed by atoms with Gasteiger partial charge in [0.05, 0.1) is 13.0 Å². The molecule has 1 saturated carbocycles. The van der Waals surface area contributed by atoms with Crippen LogP contribution in [0.4, 0.5) is 4.39 Å². The van der Waals surface area contributed by atoms with Crippen molar-refractivity contribution < 1.29 is 13.9 Å². The lowest BCUT2D eigenvalue weighted by Crippen LogP contribution is -2.47. The molecule has 2 aliphatic rings. The molecule has 1 heterocycles. The van der Waals surface area contributed by atoms with Crippen LogP contribution in [-0.4, -0.2) is 43.2 Å². The van der Waals surface area contributed by atoms with Gasteiger partial charge in [-0.2, -0.15) is 0 Å². The van der Waals surface area contributed by atoms with Crippen molar-refractivity contribution in [2.75, 3.05) is 26.2 Å². The second-order valence-electron chi connectivity index (χ2n) is 12.0. The van der Waals surface area contributed by atoms with E-state index in [0.29, 0.717) is 26.1 Å². The van der Waals surface area contributed by atoms with E-state index in [0.717, 1.165) is 37.2 Å². The lowest BCUT2D eigenvalue weighted by Gasteiger charge is -2.47. The van der Waals surface area contributed by atoms with Gasteiger partial charge in [-0.15, -0.1) is 0 Å². The summed E-state index contributed by atoms with van der Waals surface area (Å²) in [5.74, 6) is 0.617. The molecule has 4 aromatic rings. The summed E-state index contributed by atoms with van der Waals surface area (Å²) < 4.78 is 21.7. The third-order valence-corrected chi connectivity index (χ3v) is 9.45. The first-order valence-corrected chi connectivity index (χ1v) is 15.6. The highest BCUT2D eigenvalue weighted by Gasteiger charge is 2.55. The number of nitrogens with zero attached hydrogens (tertiary/aromatic N) is 1. The molecule has 1 aliphatic heterocycles. The molecule has 0 aromatic heterocycles. The number of ether oxygens (including phenoxy) is 1. The Morgan fingerprint density at radius 3 is 2.16 bits per heavy atom. The third-order valence-electron chi connectivity index (χ3n) is 9.45. The lowest BCUT2D eigenvalue weighted by molar-refractivity contribution is -0.129. The largest absolute Gasteiger partial charge is 0.493 e. The first-order valence-electron chi connectivity index (χ1n) is 15.6. The third kappa shape index (κ3) is 6.37. The van der Waals surface area contributed by atoms with Crippen molar-refractivity contribution in [1.29, 1.82) is 0 Å². The molecule has 3 atom stereocenters. The smallest absolute Gasteiger partial charge is 0.227 e. The second-order valence-corrected chi connectivity index (χ2v) is 12.0. The Bertz CT molecular complexity index is 1420. The molecule has 222 valence electrons. The fourth-order valence-electron chi connectivity index (χ4n) is 7.31. The van der Waals surface area contributed by atoms with Crippen molar-refractivity contribution in [1.82, 2.24) is 10.2 Å². The van der Waals surface area contributed by atoms with Crippen LogP contribution >= 0.6 is 0 Å². The van der Waals surface area contributed by atoms with Gasteiger partial charge in [-0.1, -0.05) is 109 Å². The Kier molecular flexibility index (Phi) is 9.18. The highest BCUT2D eigenvalue weighted by molar-refractivity contribution is 5.80. The maximum Gasteiger partial charge on any atom is 0.227 e. The van der Waals surface area contributed by atoms with Gasteiger partial charge in [0, 0.05) is 36.5 Å². The number of alkyl halides is 1. The number of hydrogen-bond acceptors (Lipinski definition) is 3. The van der Waals surface area contributed by atoms with Gasteiger partial charge in [-0.3, -0.25) is 4.79 Å². The van der Waals surface area contributed by atoms with Crippen molar-refractivity contribution in [2.45, 2.75) is 43.8 Å². The zero-order valence-corrected chi connectivity index (χ0v) is 24.7. The fraction of sp³-hybridized carbons (Fsp3) is 0.342. The molecule has 0 unspecified atom stereocenters. The van der Waals surface area contributed by atoms with E-state index in [-0.39, 0.29) is 29.6 Å². The summed E-state index contributed by atoms with van der Waals surface area (Å²) in [6, 6.07) is 39.2. The summed E-state index contributed by atoms with van der Waals surface area (Å²) in [5.41, 5.74) is 4.26. The summed E-state index contributed by atoms with van der Waals surface area (Å²) in [7, 11) is 0. The zero-order valence-electron chi connectivity index (χ0n) is 24.7. The van der Waals surface area contributed by atoms with Crippen LogP contribution in [0.5, 0.6) is 5.75 Å². The highest BCUT2D eigenvalue weighted by Crippen LogP contribution is 2.54. The summed E-state index contributed by atoms with van der Waals surface area (Å²) in [6.45, 7) is 3.27. The molecule has 1 amide bonds. The van der Waals surface area contributed by atoms with Crippen molar-refractivity contribution in [3.8, 4) is 5.75 Å². The molecule has 1 saturated heterocycles. The summed E-state index contributed by atoms with van der Waals surface area (Å²) in [4.78, 5) is 15.7. The van der Waals surface area contributed by atoms with E-state index >= 15 is 4.39 Å². The van der Waals surface area contributed by atoms with Gasteiger partial charge in [0.25, 0.3) is 0 Å². The van der Waals surface area contributed by atoms with Crippen LogP contribution in [0.3, 0.4) is 0 Å². The molecule has 6 rings (SSSR count). The van der Waals surface area contributed by atoms with Gasteiger partial charge in [0.2, 0.25) is 5.91 Å². The number of likely N-dealkylation sites (tertiary alicyclic amines) is 1. The number of fused-ring (bicyclic) bond motifs is 1. The molecular formula is C38H41FN2O2. The van der Waals surface area contributed by atoms with E-state index in [2.05, 4.69) is 66.0 Å². The van der Waals surface area contributed by atoms with Gasteiger partial charge in [-0.05, 0) is 54.5 Å². The molecule has 0 radical (unpaired) electrons. The summed E-state index contributed by atoms with van der Waals surface area (Å²) in [6.07, 6.45) is 1.45. The Labute approximate surface area is 254 Å². The van der Waals surface area contributed by atoms with Gasteiger partial charge >= 0.3 is 0 Å². The van der Waals surface area contributed by atoms with Crippen LogP contribution in [-0.2, 0) is 23.2 Å². The fourth-order valence-corrected chi connectivity index (χ4v) is 7.31. The summed E-state index contributed by atoms with van der Waals surface area (Å²) in [5, 5.41) is 3.46. The average Bonchev–Trinajstić information content (AvgIpc) is 3.53. The van der Waals surface area contributed by atoms with Crippen LogP contribution < -0.4 is 10.1 Å². The van der Waals surface area contributed by atoms with E-state index in [4.69, 9.17) is 4.74 Å². The molecule has 2 fully saturated rings. The molecule has 1 N–H and O–H groups in total. The monoisotopic (exact) mass is 576 g/mol. The van der Waals surface area contributed by atoms with Gasteiger partial charge in [-0.25, -0.2) is 4.39 Å². The molecule has 4 nitrogen and oxygen atoms in total. The van der Waals surface area contributed by atoms with Gasteiger partial charge in [0.1, 0.15) is 11.9 Å².